The number of carbonyl (C=O) groups excluding carboxylic acids is 1. The van der Waals surface area contributed by atoms with Gasteiger partial charge in [0.1, 0.15) is 4.90 Å². The van der Waals surface area contributed by atoms with E-state index in [9.17, 15) is 23.1 Å². The molecule has 8 nitrogen and oxygen atoms in total. The minimum atomic E-state index is -4.42. The van der Waals surface area contributed by atoms with E-state index in [0.29, 0.717) is 16.7 Å². The lowest BCUT2D eigenvalue weighted by atomic mass is 9.86. The first-order valence-corrected chi connectivity index (χ1v) is 11.9. The Bertz CT molecular complexity index is 1350. The SMILES string of the molecule is CC(C=Cc1cc(-c2ccccc2)c(N)c(C(N)=O)c1S(N)(=O)=O)C(C(=O)O)c1ccccc1. The molecule has 0 heterocycles. The maximum absolute atomic E-state index is 12.5. The van der Waals surface area contributed by atoms with Crippen LogP contribution < -0.4 is 16.6 Å². The summed E-state index contributed by atoms with van der Waals surface area (Å²) in [7, 11) is -4.42. The number of primary amides is 1. The summed E-state index contributed by atoms with van der Waals surface area (Å²) in [5.74, 6) is -3.50. The Labute approximate surface area is 197 Å². The van der Waals surface area contributed by atoms with Gasteiger partial charge in [0.2, 0.25) is 10.0 Å². The molecule has 0 aliphatic carbocycles. The summed E-state index contributed by atoms with van der Waals surface area (Å²) in [5.41, 5.74) is 12.9. The summed E-state index contributed by atoms with van der Waals surface area (Å²) >= 11 is 0. The lowest BCUT2D eigenvalue weighted by Crippen LogP contribution is -2.24. The number of anilines is 1. The highest BCUT2D eigenvalue weighted by molar-refractivity contribution is 7.89. The molecule has 176 valence electrons. The lowest BCUT2D eigenvalue weighted by Gasteiger charge is -2.19. The molecule has 3 rings (SSSR count). The van der Waals surface area contributed by atoms with Gasteiger partial charge in [-0.05, 0) is 28.7 Å². The first-order chi connectivity index (χ1) is 16.0. The number of hydrogen-bond acceptors (Lipinski definition) is 5. The van der Waals surface area contributed by atoms with Crippen molar-refractivity contribution in [2.24, 2.45) is 16.8 Å². The van der Waals surface area contributed by atoms with Crippen LogP contribution in [-0.2, 0) is 14.8 Å². The summed E-state index contributed by atoms with van der Waals surface area (Å²) in [6.07, 6.45) is 2.99. The third-order valence-corrected chi connectivity index (χ3v) is 6.50. The number of carbonyl (C=O) groups is 2. The van der Waals surface area contributed by atoms with Gasteiger partial charge in [-0.3, -0.25) is 9.59 Å². The molecule has 9 heteroatoms. The van der Waals surface area contributed by atoms with Crippen LogP contribution in [0.15, 0.2) is 77.7 Å². The average molecular weight is 480 g/mol. The fourth-order valence-corrected chi connectivity index (χ4v) is 4.88. The first kappa shape index (κ1) is 24.7. The van der Waals surface area contributed by atoms with Crippen molar-refractivity contribution in [2.75, 3.05) is 5.73 Å². The molecule has 0 aliphatic heterocycles. The molecule has 3 aromatic rings. The molecule has 2 unspecified atom stereocenters. The van der Waals surface area contributed by atoms with Crippen molar-refractivity contribution in [3.8, 4) is 11.1 Å². The van der Waals surface area contributed by atoms with Crippen molar-refractivity contribution in [1.82, 2.24) is 0 Å². The predicted molar refractivity (Wildman–Crippen MR) is 131 cm³/mol. The van der Waals surface area contributed by atoms with Crippen LogP contribution in [0, 0.1) is 5.92 Å². The van der Waals surface area contributed by atoms with E-state index in [2.05, 4.69) is 0 Å². The van der Waals surface area contributed by atoms with Gasteiger partial charge in [-0.2, -0.15) is 0 Å². The third-order valence-electron chi connectivity index (χ3n) is 5.49. The quantitative estimate of drug-likeness (QED) is 0.362. The molecule has 0 spiro atoms. The second-order valence-corrected chi connectivity index (χ2v) is 9.35. The van der Waals surface area contributed by atoms with E-state index in [0.717, 1.165) is 0 Å². The van der Waals surface area contributed by atoms with Gasteiger partial charge in [-0.15, -0.1) is 0 Å². The Hall–Kier alpha value is -3.95. The number of aliphatic carboxylic acids is 1. The molecule has 0 radical (unpaired) electrons. The van der Waals surface area contributed by atoms with Crippen LogP contribution in [0.3, 0.4) is 0 Å². The second kappa shape index (κ2) is 9.90. The van der Waals surface area contributed by atoms with Crippen LogP contribution >= 0.6 is 0 Å². The number of carboxylic acid groups (broad SMARTS) is 1. The zero-order valence-electron chi connectivity index (χ0n) is 18.4. The summed E-state index contributed by atoms with van der Waals surface area (Å²) < 4.78 is 24.9. The van der Waals surface area contributed by atoms with E-state index in [1.165, 1.54) is 12.1 Å². The number of amides is 1. The Morgan fingerprint density at radius 2 is 1.56 bits per heavy atom. The normalized spacial score (nSPS) is 13.5. The number of nitrogens with two attached hydrogens (primary N) is 3. The smallest absolute Gasteiger partial charge is 0.311 e. The fourth-order valence-electron chi connectivity index (χ4n) is 3.93. The zero-order valence-corrected chi connectivity index (χ0v) is 19.2. The Morgan fingerprint density at radius 3 is 2.06 bits per heavy atom. The molecule has 2 atom stereocenters. The van der Waals surface area contributed by atoms with Crippen molar-refractivity contribution in [2.45, 2.75) is 17.7 Å². The standard InChI is InChI=1S/C25H25N3O5S/c1-15(20(25(30)31)17-10-6-3-7-11-17)12-13-18-14-19(16-8-4-2-5-9-16)22(26)21(24(27)29)23(18)34(28,32)33/h2-15,20H,26H2,1H3,(H2,27,29)(H,30,31)(H2,28,32,33). The summed E-state index contributed by atoms with van der Waals surface area (Å²) in [5, 5.41) is 15.2. The first-order valence-electron chi connectivity index (χ1n) is 10.3. The van der Waals surface area contributed by atoms with Gasteiger partial charge in [0.25, 0.3) is 5.91 Å². The molecule has 3 aromatic carbocycles. The highest BCUT2D eigenvalue weighted by Crippen LogP contribution is 2.36. The van der Waals surface area contributed by atoms with E-state index in [1.807, 2.05) is 0 Å². The van der Waals surface area contributed by atoms with Gasteiger partial charge in [0.05, 0.1) is 17.2 Å². The van der Waals surface area contributed by atoms with Crippen LogP contribution in [-0.4, -0.2) is 25.4 Å². The number of hydrogen-bond donors (Lipinski definition) is 4. The molecule has 0 aliphatic rings. The van der Waals surface area contributed by atoms with Crippen molar-refractivity contribution >= 4 is 33.7 Å². The lowest BCUT2D eigenvalue weighted by molar-refractivity contribution is -0.139. The Kier molecular flexibility index (Phi) is 7.19. The number of nitrogen functional groups attached to an aromatic ring is 1. The predicted octanol–water partition coefficient (Wildman–Crippen LogP) is 3.20. The van der Waals surface area contributed by atoms with Crippen LogP contribution in [0.2, 0.25) is 0 Å². The third kappa shape index (κ3) is 5.16. The molecular formula is C25H25N3O5S. The molecule has 0 aromatic heterocycles. The molecule has 7 N–H and O–H groups in total. The van der Waals surface area contributed by atoms with E-state index in [4.69, 9.17) is 16.6 Å². The zero-order chi connectivity index (χ0) is 25.0. The van der Waals surface area contributed by atoms with Gasteiger partial charge in [-0.25, -0.2) is 13.6 Å². The van der Waals surface area contributed by atoms with E-state index >= 15 is 0 Å². The van der Waals surface area contributed by atoms with Gasteiger partial charge < -0.3 is 16.6 Å². The molecule has 0 fully saturated rings. The molecular weight excluding hydrogens is 454 g/mol. The number of benzene rings is 3. The van der Waals surface area contributed by atoms with Gasteiger partial charge in [0.15, 0.2) is 0 Å². The largest absolute Gasteiger partial charge is 0.481 e. The second-order valence-electron chi connectivity index (χ2n) is 7.85. The maximum Gasteiger partial charge on any atom is 0.311 e. The minimum absolute atomic E-state index is 0.0772. The summed E-state index contributed by atoms with van der Waals surface area (Å²) in [6.45, 7) is 1.70. The fraction of sp³-hybridized carbons (Fsp3) is 0.120. The number of carboxylic acids is 1. The van der Waals surface area contributed by atoms with Crippen molar-refractivity contribution in [3.63, 3.8) is 0 Å². The van der Waals surface area contributed by atoms with E-state index < -0.39 is 44.2 Å². The van der Waals surface area contributed by atoms with Crippen molar-refractivity contribution < 1.29 is 23.1 Å². The number of allylic oxidation sites excluding steroid dienone is 1. The highest BCUT2D eigenvalue weighted by atomic mass is 32.2. The van der Waals surface area contributed by atoms with E-state index in [1.54, 1.807) is 73.7 Å². The van der Waals surface area contributed by atoms with Gasteiger partial charge >= 0.3 is 5.97 Å². The molecule has 0 bridgehead atoms. The molecule has 0 saturated heterocycles. The number of primary sulfonamides is 1. The Balaban J connectivity index is 2.21. The topological polar surface area (TPSA) is 167 Å². The van der Waals surface area contributed by atoms with Gasteiger partial charge in [-0.1, -0.05) is 79.7 Å². The maximum atomic E-state index is 12.5. The Morgan fingerprint density at radius 1 is 1.00 bits per heavy atom. The average Bonchev–Trinajstić information content (AvgIpc) is 2.78. The van der Waals surface area contributed by atoms with Crippen molar-refractivity contribution in [1.29, 1.82) is 0 Å². The monoisotopic (exact) mass is 479 g/mol. The summed E-state index contributed by atoms with van der Waals surface area (Å²) in [6, 6.07) is 19.0. The number of sulfonamides is 1. The van der Waals surface area contributed by atoms with Crippen molar-refractivity contribution in [3.05, 3.63) is 89.5 Å². The molecule has 34 heavy (non-hydrogen) atoms. The van der Waals surface area contributed by atoms with E-state index in [-0.39, 0.29) is 11.3 Å². The van der Waals surface area contributed by atoms with Crippen LogP contribution in [0.4, 0.5) is 5.69 Å². The molecule has 0 saturated carbocycles. The van der Waals surface area contributed by atoms with Crippen LogP contribution in [0.1, 0.15) is 34.3 Å². The van der Waals surface area contributed by atoms with Gasteiger partial charge in [0, 0.05) is 5.56 Å². The number of rotatable bonds is 8. The van der Waals surface area contributed by atoms with Crippen LogP contribution in [0.25, 0.3) is 17.2 Å². The minimum Gasteiger partial charge on any atom is -0.481 e. The highest BCUT2D eigenvalue weighted by Gasteiger charge is 2.28. The molecule has 1 amide bonds. The summed E-state index contributed by atoms with van der Waals surface area (Å²) in [4.78, 5) is 23.7. The van der Waals surface area contributed by atoms with Crippen LogP contribution in [0.5, 0.6) is 0 Å².